The lowest BCUT2D eigenvalue weighted by Gasteiger charge is -2.26. The highest BCUT2D eigenvalue weighted by Gasteiger charge is 2.41. The number of methoxy groups -OCH3 is 2. The van der Waals surface area contributed by atoms with Gasteiger partial charge in [-0.25, -0.2) is 4.68 Å². The first-order valence-corrected chi connectivity index (χ1v) is 14.9. The number of carbonyl (C=O) groups excluding carboxylic acids is 2. The lowest BCUT2D eigenvalue weighted by molar-refractivity contribution is -0.130. The Hall–Kier alpha value is -3.17. The van der Waals surface area contributed by atoms with Crippen LogP contribution in [0.5, 0.6) is 11.5 Å². The van der Waals surface area contributed by atoms with Gasteiger partial charge in [0.2, 0.25) is 11.8 Å². The van der Waals surface area contributed by atoms with Gasteiger partial charge in [-0.05, 0) is 42.7 Å². The maximum Gasteiger partial charge on any atom is 0.242 e. The van der Waals surface area contributed by atoms with E-state index in [0.717, 1.165) is 29.7 Å². The molecule has 0 N–H and O–H groups in total. The number of rotatable bonds is 6. The minimum Gasteiger partial charge on any atom is -0.493 e. The van der Waals surface area contributed by atoms with Gasteiger partial charge in [0.05, 0.1) is 41.6 Å². The zero-order chi connectivity index (χ0) is 28.6. The molecule has 8 nitrogen and oxygen atoms in total. The van der Waals surface area contributed by atoms with Crippen molar-refractivity contribution in [1.29, 1.82) is 0 Å². The van der Waals surface area contributed by atoms with E-state index in [0.29, 0.717) is 41.1 Å². The van der Waals surface area contributed by atoms with E-state index in [1.54, 1.807) is 29.9 Å². The molecule has 3 heterocycles. The number of likely N-dealkylation sites (tertiary alicyclic amines) is 1. The second kappa shape index (κ2) is 11.4. The van der Waals surface area contributed by atoms with E-state index < -0.39 is 0 Å². The summed E-state index contributed by atoms with van der Waals surface area (Å²) in [5.41, 5.74) is 2.96. The van der Waals surface area contributed by atoms with Crippen LogP contribution < -0.4 is 14.4 Å². The van der Waals surface area contributed by atoms with Crippen molar-refractivity contribution in [2.24, 2.45) is 0 Å². The number of nitrogens with zero attached hydrogens (tertiary/aromatic N) is 4. The Morgan fingerprint density at radius 2 is 1.77 bits per heavy atom. The number of hydrogen-bond acceptors (Lipinski definition) is 6. The quantitative estimate of drug-likeness (QED) is 0.375. The summed E-state index contributed by atoms with van der Waals surface area (Å²) in [6.45, 7) is 7.70. The Labute approximate surface area is 244 Å². The summed E-state index contributed by atoms with van der Waals surface area (Å²) in [4.78, 5) is 30.8. The Balaban J connectivity index is 1.76. The molecule has 0 radical (unpaired) electrons. The van der Waals surface area contributed by atoms with Gasteiger partial charge >= 0.3 is 0 Å². The first-order valence-electron chi connectivity index (χ1n) is 13.4. The van der Waals surface area contributed by atoms with Crippen molar-refractivity contribution in [3.8, 4) is 17.2 Å². The molecule has 2 aliphatic rings. The molecule has 0 unspecified atom stereocenters. The fourth-order valence-corrected chi connectivity index (χ4v) is 6.75. The van der Waals surface area contributed by atoms with Gasteiger partial charge in [0.1, 0.15) is 12.4 Å². The SMILES string of the molecule is COc1ccc([C@H]2SCC(=O)N(CC(=O)N3CCCC3)c3c2c(C(C)(C)C)nn3-c2ccccc2Cl)cc1OC. The Morgan fingerprint density at radius 1 is 1.07 bits per heavy atom. The van der Waals surface area contributed by atoms with Crippen LogP contribution in [0, 0.1) is 0 Å². The number of fused-ring (bicyclic) bond motifs is 1. The fourth-order valence-electron chi connectivity index (χ4n) is 5.35. The third-order valence-corrected chi connectivity index (χ3v) is 8.92. The van der Waals surface area contributed by atoms with Crippen molar-refractivity contribution >= 4 is 41.0 Å². The van der Waals surface area contributed by atoms with Crippen LogP contribution in [0.3, 0.4) is 0 Å². The minimum atomic E-state index is -0.371. The zero-order valence-corrected chi connectivity index (χ0v) is 25.1. The van der Waals surface area contributed by atoms with Crippen molar-refractivity contribution in [2.45, 2.75) is 44.3 Å². The second-order valence-electron chi connectivity index (χ2n) is 11.1. The molecule has 0 saturated carbocycles. The predicted octanol–water partition coefficient (Wildman–Crippen LogP) is 5.63. The van der Waals surface area contributed by atoms with Crippen molar-refractivity contribution in [3.63, 3.8) is 0 Å². The lowest BCUT2D eigenvalue weighted by atomic mass is 9.87. The van der Waals surface area contributed by atoms with Crippen molar-refractivity contribution < 1.29 is 19.1 Å². The molecular formula is C30H35ClN4O4S. The van der Waals surface area contributed by atoms with Crippen molar-refractivity contribution in [2.75, 3.05) is 44.5 Å². The Morgan fingerprint density at radius 3 is 2.42 bits per heavy atom. The average molecular weight is 583 g/mol. The van der Waals surface area contributed by atoms with Gasteiger partial charge in [0, 0.05) is 24.1 Å². The number of benzene rings is 2. The first kappa shape index (κ1) is 28.4. The molecule has 5 rings (SSSR count). The molecule has 1 atom stereocenters. The zero-order valence-electron chi connectivity index (χ0n) is 23.6. The number of hydrogen-bond donors (Lipinski definition) is 0. The summed E-state index contributed by atoms with van der Waals surface area (Å²) in [6, 6.07) is 13.3. The van der Waals surface area contributed by atoms with Crippen LogP contribution in [-0.4, -0.2) is 66.1 Å². The van der Waals surface area contributed by atoms with Gasteiger partial charge in [-0.15, -0.1) is 11.8 Å². The van der Waals surface area contributed by atoms with Crippen LogP contribution in [0.25, 0.3) is 5.69 Å². The third-order valence-electron chi connectivity index (χ3n) is 7.34. The molecule has 3 aromatic rings. The summed E-state index contributed by atoms with van der Waals surface area (Å²) in [7, 11) is 3.22. The molecular weight excluding hydrogens is 548 g/mol. The summed E-state index contributed by atoms with van der Waals surface area (Å²) in [5, 5.41) is 5.37. The number of amides is 2. The Kier molecular flexibility index (Phi) is 8.06. The largest absolute Gasteiger partial charge is 0.493 e. The van der Waals surface area contributed by atoms with E-state index in [4.69, 9.17) is 26.2 Å². The smallest absolute Gasteiger partial charge is 0.242 e. The maximum atomic E-state index is 13.9. The van der Waals surface area contributed by atoms with Crippen LogP contribution >= 0.6 is 23.4 Å². The number of carbonyl (C=O) groups is 2. The number of thioether (sulfide) groups is 1. The Bertz CT molecular complexity index is 1430. The number of halogens is 1. The average Bonchev–Trinajstić information content (AvgIpc) is 3.58. The van der Waals surface area contributed by atoms with E-state index in [9.17, 15) is 9.59 Å². The molecule has 2 aromatic carbocycles. The van der Waals surface area contributed by atoms with Gasteiger partial charge in [-0.3, -0.25) is 14.5 Å². The highest BCUT2D eigenvalue weighted by Crippen LogP contribution is 2.49. The van der Waals surface area contributed by atoms with Crippen LogP contribution in [0.15, 0.2) is 42.5 Å². The highest BCUT2D eigenvalue weighted by atomic mass is 35.5. The summed E-state index contributed by atoms with van der Waals surface area (Å²) in [5.74, 6) is 1.82. The third kappa shape index (κ3) is 5.29. The van der Waals surface area contributed by atoms with Crippen LogP contribution in [0.2, 0.25) is 5.02 Å². The number of ether oxygens (including phenoxy) is 2. The molecule has 1 saturated heterocycles. The van der Waals surface area contributed by atoms with Gasteiger partial charge in [-0.1, -0.05) is 50.6 Å². The van der Waals surface area contributed by atoms with Crippen molar-refractivity contribution in [1.82, 2.24) is 14.7 Å². The topological polar surface area (TPSA) is 76.9 Å². The van der Waals surface area contributed by atoms with Crippen LogP contribution in [0.4, 0.5) is 5.82 Å². The van der Waals surface area contributed by atoms with E-state index in [1.165, 1.54) is 11.8 Å². The molecule has 2 aliphatic heterocycles. The molecule has 1 fully saturated rings. The van der Waals surface area contributed by atoms with Gasteiger partial charge in [-0.2, -0.15) is 5.10 Å². The number of para-hydroxylation sites is 1. The normalized spacial score (nSPS) is 17.6. The molecule has 0 spiro atoms. The molecule has 0 aliphatic carbocycles. The number of aromatic nitrogens is 2. The predicted molar refractivity (Wildman–Crippen MR) is 159 cm³/mol. The molecule has 2 amide bonds. The van der Waals surface area contributed by atoms with E-state index in [1.807, 2.05) is 41.3 Å². The van der Waals surface area contributed by atoms with Crippen LogP contribution in [-0.2, 0) is 15.0 Å². The number of anilines is 1. The van der Waals surface area contributed by atoms with Gasteiger partial charge in [0.25, 0.3) is 0 Å². The van der Waals surface area contributed by atoms with Gasteiger partial charge < -0.3 is 14.4 Å². The second-order valence-corrected chi connectivity index (χ2v) is 12.6. The van der Waals surface area contributed by atoms with E-state index in [2.05, 4.69) is 20.8 Å². The summed E-state index contributed by atoms with van der Waals surface area (Å²) < 4.78 is 12.9. The highest BCUT2D eigenvalue weighted by molar-refractivity contribution is 8.00. The van der Waals surface area contributed by atoms with Crippen LogP contribution in [0.1, 0.15) is 55.7 Å². The summed E-state index contributed by atoms with van der Waals surface area (Å²) >= 11 is 8.24. The molecule has 212 valence electrons. The molecule has 0 bridgehead atoms. The minimum absolute atomic E-state index is 0.0508. The fraction of sp³-hybridized carbons (Fsp3) is 0.433. The van der Waals surface area contributed by atoms with Gasteiger partial charge in [0.15, 0.2) is 11.5 Å². The van der Waals surface area contributed by atoms with Crippen molar-refractivity contribution in [3.05, 3.63) is 64.3 Å². The summed E-state index contributed by atoms with van der Waals surface area (Å²) in [6.07, 6.45) is 1.96. The first-order chi connectivity index (χ1) is 19.1. The molecule has 1 aromatic heterocycles. The monoisotopic (exact) mass is 582 g/mol. The van der Waals surface area contributed by atoms with E-state index >= 15 is 0 Å². The van der Waals surface area contributed by atoms with E-state index in [-0.39, 0.29) is 34.8 Å². The standard InChI is InChI=1S/C30H35ClN4O4S/c1-30(2,3)28-26-27(19-12-13-22(38-4)23(16-19)39-5)40-18-25(37)34(17-24(36)33-14-8-9-15-33)29(26)35(32-28)21-11-7-6-10-20(21)31/h6-7,10-13,16,27H,8-9,14-15,17-18H2,1-5H3/t27-/m1/s1. The maximum absolute atomic E-state index is 13.9. The molecule has 10 heteroatoms. The lowest BCUT2D eigenvalue weighted by Crippen LogP contribution is -2.43. The molecule has 40 heavy (non-hydrogen) atoms.